The molecule has 0 radical (unpaired) electrons. The van der Waals surface area contributed by atoms with Crippen molar-refractivity contribution in [1.29, 1.82) is 0 Å². The Labute approximate surface area is 107 Å². The van der Waals surface area contributed by atoms with E-state index in [0.717, 1.165) is 0 Å². The van der Waals surface area contributed by atoms with Crippen LogP contribution in [0.5, 0.6) is 0 Å². The van der Waals surface area contributed by atoms with Crippen molar-refractivity contribution < 1.29 is 4.74 Å². The summed E-state index contributed by atoms with van der Waals surface area (Å²) in [7, 11) is 0. The van der Waals surface area contributed by atoms with E-state index in [2.05, 4.69) is 6.92 Å². The van der Waals surface area contributed by atoms with Crippen molar-refractivity contribution in [2.45, 2.75) is 102 Å². The van der Waals surface area contributed by atoms with Gasteiger partial charge in [-0.05, 0) is 32.6 Å². The van der Waals surface area contributed by atoms with Gasteiger partial charge in [0.25, 0.3) is 0 Å². The molecule has 0 bridgehead atoms. The molecule has 2 aliphatic rings. The van der Waals surface area contributed by atoms with Gasteiger partial charge < -0.3 is 4.74 Å². The maximum absolute atomic E-state index is 6.29. The fourth-order valence-electron chi connectivity index (χ4n) is 3.64. The highest BCUT2D eigenvalue weighted by Gasteiger charge is 2.37. The summed E-state index contributed by atoms with van der Waals surface area (Å²) in [6, 6.07) is 0. The Bertz CT molecular complexity index is 200. The Morgan fingerprint density at radius 3 is 1.59 bits per heavy atom. The van der Waals surface area contributed by atoms with Gasteiger partial charge in [0.05, 0.1) is 11.7 Å². The smallest absolute Gasteiger partial charge is 0.0687 e. The van der Waals surface area contributed by atoms with Crippen LogP contribution in [-0.4, -0.2) is 11.7 Å². The minimum Gasteiger partial charge on any atom is -0.372 e. The van der Waals surface area contributed by atoms with Crippen molar-refractivity contribution in [2.75, 3.05) is 0 Å². The number of hydrogen-bond acceptors (Lipinski definition) is 1. The van der Waals surface area contributed by atoms with Crippen molar-refractivity contribution >= 4 is 0 Å². The third-order valence-corrected chi connectivity index (χ3v) is 4.72. The number of hydrogen-bond donors (Lipinski definition) is 0. The van der Waals surface area contributed by atoms with Gasteiger partial charge in [0.15, 0.2) is 0 Å². The highest BCUT2D eigenvalue weighted by Crippen LogP contribution is 2.39. The molecule has 100 valence electrons. The fourth-order valence-corrected chi connectivity index (χ4v) is 3.64. The fraction of sp³-hybridized carbons (Fsp3) is 1.00. The van der Waals surface area contributed by atoms with Crippen LogP contribution in [0.4, 0.5) is 0 Å². The zero-order valence-electron chi connectivity index (χ0n) is 11.7. The minimum atomic E-state index is 0.290. The normalized spacial score (nSPS) is 31.9. The highest BCUT2D eigenvalue weighted by atomic mass is 16.5. The maximum Gasteiger partial charge on any atom is 0.0687 e. The summed E-state index contributed by atoms with van der Waals surface area (Å²) in [6.45, 7) is 2.25. The van der Waals surface area contributed by atoms with Crippen molar-refractivity contribution in [3.63, 3.8) is 0 Å². The van der Waals surface area contributed by atoms with Gasteiger partial charge in [-0.1, -0.05) is 57.8 Å². The molecule has 1 heteroatoms. The van der Waals surface area contributed by atoms with Crippen molar-refractivity contribution in [2.24, 2.45) is 0 Å². The van der Waals surface area contributed by atoms with E-state index < -0.39 is 0 Å². The maximum atomic E-state index is 6.29. The Morgan fingerprint density at radius 2 is 1.18 bits per heavy atom. The number of rotatable bonds is 0. The number of ether oxygens (including phenoxy) is 1. The van der Waals surface area contributed by atoms with Crippen LogP contribution in [-0.2, 0) is 4.74 Å². The van der Waals surface area contributed by atoms with E-state index in [9.17, 15) is 0 Å². The van der Waals surface area contributed by atoms with E-state index in [1.54, 1.807) is 0 Å². The largest absolute Gasteiger partial charge is 0.372 e. The molecule has 0 amide bonds. The van der Waals surface area contributed by atoms with Gasteiger partial charge >= 0.3 is 0 Å². The first-order valence-corrected chi connectivity index (χ1v) is 7.99. The lowest BCUT2D eigenvalue weighted by Crippen LogP contribution is -2.28. The van der Waals surface area contributed by atoms with Crippen molar-refractivity contribution in [1.82, 2.24) is 0 Å². The third-order valence-electron chi connectivity index (χ3n) is 4.72. The molecule has 0 aromatic carbocycles. The second kappa shape index (κ2) is 6.78. The Balaban J connectivity index is 1.84. The molecule has 1 saturated heterocycles. The van der Waals surface area contributed by atoms with Crippen LogP contribution in [0.3, 0.4) is 0 Å². The topological polar surface area (TPSA) is 9.23 Å². The molecular formula is C16H30O. The first-order chi connectivity index (χ1) is 8.31. The van der Waals surface area contributed by atoms with E-state index in [1.807, 2.05) is 0 Å². The molecule has 0 N–H and O–H groups in total. The van der Waals surface area contributed by atoms with Gasteiger partial charge in [0.1, 0.15) is 0 Å². The third kappa shape index (κ3) is 4.28. The van der Waals surface area contributed by atoms with Crippen LogP contribution < -0.4 is 0 Å². The average molecular weight is 238 g/mol. The summed E-state index contributed by atoms with van der Waals surface area (Å²) in [5, 5.41) is 0. The molecule has 1 nitrogen and oxygen atoms in total. The lowest BCUT2D eigenvalue weighted by atomic mass is 9.86. The molecule has 17 heavy (non-hydrogen) atoms. The summed E-state index contributed by atoms with van der Waals surface area (Å²) < 4.78 is 6.29. The van der Waals surface area contributed by atoms with Gasteiger partial charge in [-0.2, -0.15) is 0 Å². The molecular weight excluding hydrogens is 208 g/mol. The first-order valence-electron chi connectivity index (χ1n) is 7.99. The molecule has 1 spiro atoms. The molecule has 1 atom stereocenters. The van der Waals surface area contributed by atoms with Crippen LogP contribution in [0.15, 0.2) is 0 Å². The van der Waals surface area contributed by atoms with Crippen molar-refractivity contribution in [3.8, 4) is 0 Å². The summed E-state index contributed by atoms with van der Waals surface area (Å²) in [5.41, 5.74) is 0.290. The molecule has 0 aromatic heterocycles. The summed E-state index contributed by atoms with van der Waals surface area (Å²) >= 11 is 0. The first kappa shape index (κ1) is 13.4. The summed E-state index contributed by atoms with van der Waals surface area (Å²) in [5.74, 6) is 0. The predicted molar refractivity (Wildman–Crippen MR) is 73.3 cm³/mol. The lowest BCUT2D eigenvalue weighted by Gasteiger charge is -2.30. The lowest BCUT2D eigenvalue weighted by molar-refractivity contribution is -0.0483. The standard InChI is InChI=1S/C16H30O/c1-15-11-14-16(17-15)12-9-7-5-3-2-4-6-8-10-13-16/h15H,2-14H2,1H3. The zero-order valence-corrected chi connectivity index (χ0v) is 11.7. The highest BCUT2D eigenvalue weighted by molar-refractivity contribution is 4.87. The van der Waals surface area contributed by atoms with E-state index in [-0.39, 0.29) is 0 Å². The van der Waals surface area contributed by atoms with Gasteiger partial charge in [-0.25, -0.2) is 0 Å². The Kier molecular flexibility index (Phi) is 5.34. The second-order valence-corrected chi connectivity index (χ2v) is 6.33. The Hall–Kier alpha value is -0.0400. The van der Waals surface area contributed by atoms with Gasteiger partial charge in [0.2, 0.25) is 0 Å². The van der Waals surface area contributed by atoms with E-state index in [1.165, 1.54) is 83.5 Å². The predicted octanol–water partition coefficient (Wildman–Crippen LogP) is 5.23. The van der Waals surface area contributed by atoms with E-state index >= 15 is 0 Å². The zero-order chi connectivity index (χ0) is 12.0. The molecule has 1 saturated carbocycles. The quantitative estimate of drug-likeness (QED) is 0.561. The molecule has 1 heterocycles. The SMILES string of the molecule is CC1CCC2(CCCCCCCCCCC2)O1. The summed E-state index contributed by atoms with van der Waals surface area (Å²) in [4.78, 5) is 0. The minimum absolute atomic E-state index is 0.290. The molecule has 2 rings (SSSR count). The van der Waals surface area contributed by atoms with Crippen LogP contribution >= 0.6 is 0 Å². The second-order valence-electron chi connectivity index (χ2n) is 6.33. The van der Waals surface area contributed by atoms with Crippen LogP contribution in [0.1, 0.15) is 90.4 Å². The van der Waals surface area contributed by atoms with E-state index in [4.69, 9.17) is 4.74 Å². The molecule has 1 aliphatic carbocycles. The van der Waals surface area contributed by atoms with Gasteiger partial charge in [0, 0.05) is 0 Å². The van der Waals surface area contributed by atoms with E-state index in [0.29, 0.717) is 11.7 Å². The average Bonchev–Trinajstić information content (AvgIpc) is 2.66. The van der Waals surface area contributed by atoms with Crippen molar-refractivity contribution in [3.05, 3.63) is 0 Å². The summed E-state index contributed by atoms with van der Waals surface area (Å²) in [6.07, 6.45) is 18.7. The van der Waals surface area contributed by atoms with Gasteiger partial charge in [-0.3, -0.25) is 0 Å². The molecule has 0 aromatic rings. The Morgan fingerprint density at radius 1 is 0.706 bits per heavy atom. The molecule has 1 aliphatic heterocycles. The van der Waals surface area contributed by atoms with Crippen LogP contribution in [0.2, 0.25) is 0 Å². The molecule has 2 fully saturated rings. The van der Waals surface area contributed by atoms with Gasteiger partial charge in [-0.15, -0.1) is 0 Å². The van der Waals surface area contributed by atoms with Crippen LogP contribution in [0, 0.1) is 0 Å². The molecule has 1 unspecified atom stereocenters. The monoisotopic (exact) mass is 238 g/mol. The van der Waals surface area contributed by atoms with Crippen LogP contribution in [0.25, 0.3) is 0 Å².